The molecule has 0 saturated heterocycles. The molecule has 1 unspecified atom stereocenters. The molecule has 2 aromatic rings. The average molecular weight is 288 g/mol. The van der Waals surface area contributed by atoms with E-state index in [2.05, 4.69) is 48.0 Å². The monoisotopic (exact) mass is 288 g/mol. The maximum Gasteiger partial charge on any atom is 0.0302 e. The number of benzene rings is 1. The van der Waals surface area contributed by atoms with Gasteiger partial charge in [0.1, 0.15) is 0 Å². The summed E-state index contributed by atoms with van der Waals surface area (Å²) in [5.74, 6) is 0. The van der Waals surface area contributed by atoms with Crippen LogP contribution in [0.4, 0.5) is 0 Å². The molecular weight excluding hydrogens is 264 g/mol. The largest absolute Gasteiger partial charge is 0.324 e. The van der Waals surface area contributed by atoms with Crippen LogP contribution in [0.3, 0.4) is 0 Å². The minimum absolute atomic E-state index is 0.158. The van der Waals surface area contributed by atoms with Crippen LogP contribution in [-0.2, 0) is 13.0 Å². The molecule has 1 aromatic heterocycles. The predicted molar refractivity (Wildman–Crippen MR) is 88.0 cm³/mol. The lowest BCUT2D eigenvalue weighted by atomic mass is 10.0. The van der Waals surface area contributed by atoms with E-state index in [1.807, 2.05) is 17.4 Å². The highest BCUT2D eigenvalue weighted by atomic mass is 32.1. The minimum atomic E-state index is 0.158. The van der Waals surface area contributed by atoms with Crippen molar-refractivity contribution in [3.63, 3.8) is 0 Å². The molecule has 20 heavy (non-hydrogen) atoms. The molecule has 1 heterocycles. The van der Waals surface area contributed by atoms with Gasteiger partial charge in [-0.05, 0) is 48.4 Å². The fraction of sp³-hybridized carbons (Fsp3) is 0.412. The molecule has 0 saturated carbocycles. The molecule has 0 spiro atoms. The number of rotatable bonds is 8. The van der Waals surface area contributed by atoms with Crippen molar-refractivity contribution in [1.29, 1.82) is 0 Å². The minimum Gasteiger partial charge on any atom is -0.324 e. The van der Waals surface area contributed by atoms with Crippen LogP contribution in [0.5, 0.6) is 0 Å². The van der Waals surface area contributed by atoms with E-state index in [-0.39, 0.29) is 6.04 Å². The third-order valence-electron chi connectivity index (χ3n) is 3.60. The molecule has 3 N–H and O–H groups in total. The molecule has 0 aliphatic heterocycles. The van der Waals surface area contributed by atoms with Crippen molar-refractivity contribution in [3.8, 4) is 0 Å². The summed E-state index contributed by atoms with van der Waals surface area (Å²) >= 11 is 1.85. The van der Waals surface area contributed by atoms with E-state index in [0.717, 1.165) is 32.4 Å². The van der Waals surface area contributed by atoms with E-state index < -0.39 is 0 Å². The Morgan fingerprint density at radius 2 is 2.00 bits per heavy atom. The third kappa shape index (κ3) is 4.44. The summed E-state index contributed by atoms with van der Waals surface area (Å²) < 4.78 is 0. The third-order valence-corrected chi connectivity index (χ3v) is 4.56. The number of hydrogen-bond donors (Lipinski definition) is 2. The fourth-order valence-electron chi connectivity index (χ4n) is 2.35. The second-order valence-electron chi connectivity index (χ2n) is 5.06. The lowest BCUT2D eigenvalue weighted by molar-refractivity contribution is 0.567. The van der Waals surface area contributed by atoms with Gasteiger partial charge in [0.05, 0.1) is 0 Å². The molecule has 3 heteroatoms. The van der Waals surface area contributed by atoms with Crippen LogP contribution in [-0.4, -0.2) is 6.54 Å². The van der Waals surface area contributed by atoms with Crippen molar-refractivity contribution in [3.05, 3.63) is 57.8 Å². The van der Waals surface area contributed by atoms with Gasteiger partial charge >= 0.3 is 0 Å². The first-order chi connectivity index (χ1) is 9.81. The summed E-state index contributed by atoms with van der Waals surface area (Å²) in [7, 11) is 0. The fourth-order valence-corrected chi connectivity index (χ4v) is 3.30. The molecule has 0 fully saturated rings. The number of thiophene rings is 1. The normalized spacial score (nSPS) is 12.5. The molecule has 1 aromatic carbocycles. The molecule has 2 nitrogen and oxygen atoms in total. The van der Waals surface area contributed by atoms with Crippen LogP contribution in [0.2, 0.25) is 0 Å². The van der Waals surface area contributed by atoms with Gasteiger partial charge in [0.2, 0.25) is 0 Å². The standard InChI is InChI=1S/C17H24N2S/c1-2-14-10-12-20-17(14)13-19-11-6-9-16(18)15-7-4-3-5-8-15/h3-5,7-8,10,12,16,19H,2,6,9,11,13,18H2,1H3. The van der Waals surface area contributed by atoms with Gasteiger partial charge < -0.3 is 11.1 Å². The molecule has 0 aliphatic carbocycles. The van der Waals surface area contributed by atoms with Crippen molar-refractivity contribution in [1.82, 2.24) is 5.32 Å². The Morgan fingerprint density at radius 3 is 2.75 bits per heavy atom. The summed E-state index contributed by atoms with van der Waals surface area (Å²) in [4.78, 5) is 1.47. The Morgan fingerprint density at radius 1 is 1.20 bits per heavy atom. The maximum atomic E-state index is 6.19. The van der Waals surface area contributed by atoms with Crippen molar-refractivity contribution in [2.24, 2.45) is 5.73 Å². The Kier molecular flexibility index (Phi) is 6.25. The van der Waals surface area contributed by atoms with E-state index >= 15 is 0 Å². The van der Waals surface area contributed by atoms with Gasteiger partial charge in [0, 0.05) is 17.5 Å². The SMILES string of the molecule is CCc1ccsc1CNCCCC(N)c1ccccc1. The van der Waals surface area contributed by atoms with E-state index in [9.17, 15) is 0 Å². The second-order valence-corrected chi connectivity index (χ2v) is 6.06. The summed E-state index contributed by atoms with van der Waals surface area (Å²) in [5, 5.41) is 5.71. The van der Waals surface area contributed by atoms with Crippen LogP contribution < -0.4 is 11.1 Å². The Bertz CT molecular complexity index is 493. The molecule has 0 bridgehead atoms. The Hall–Kier alpha value is -1.16. The number of nitrogens with one attached hydrogen (secondary N) is 1. The molecule has 108 valence electrons. The lowest BCUT2D eigenvalue weighted by Gasteiger charge is -2.12. The van der Waals surface area contributed by atoms with Crippen molar-refractivity contribution >= 4 is 11.3 Å². The smallest absolute Gasteiger partial charge is 0.0302 e. The maximum absolute atomic E-state index is 6.19. The Balaban J connectivity index is 1.65. The number of hydrogen-bond acceptors (Lipinski definition) is 3. The van der Waals surface area contributed by atoms with E-state index in [1.54, 1.807) is 0 Å². The van der Waals surface area contributed by atoms with Gasteiger partial charge in [0.15, 0.2) is 0 Å². The van der Waals surface area contributed by atoms with Gasteiger partial charge in [-0.25, -0.2) is 0 Å². The van der Waals surface area contributed by atoms with Crippen LogP contribution in [0.1, 0.15) is 41.8 Å². The average Bonchev–Trinajstić information content (AvgIpc) is 2.95. The van der Waals surface area contributed by atoms with Gasteiger partial charge in [-0.2, -0.15) is 0 Å². The van der Waals surface area contributed by atoms with Gasteiger partial charge in [-0.15, -0.1) is 11.3 Å². The molecule has 2 rings (SSSR count). The molecule has 0 amide bonds. The van der Waals surface area contributed by atoms with Crippen molar-refractivity contribution in [2.75, 3.05) is 6.54 Å². The van der Waals surface area contributed by atoms with Crippen LogP contribution in [0, 0.1) is 0 Å². The Labute approximate surface area is 126 Å². The zero-order chi connectivity index (χ0) is 14.2. The first-order valence-electron chi connectivity index (χ1n) is 7.37. The first-order valence-corrected chi connectivity index (χ1v) is 8.25. The highest BCUT2D eigenvalue weighted by molar-refractivity contribution is 7.10. The van der Waals surface area contributed by atoms with Crippen LogP contribution in [0.15, 0.2) is 41.8 Å². The summed E-state index contributed by atoms with van der Waals surface area (Å²) in [6.45, 7) is 4.23. The topological polar surface area (TPSA) is 38.0 Å². The molecule has 0 radical (unpaired) electrons. The first kappa shape index (κ1) is 15.2. The van der Waals surface area contributed by atoms with E-state index in [4.69, 9.17) is 5.73 Å². The summed E-state index contributed by atoms with van der Waals surface area (Å²) in [6.07, 6.45) is 3.27. The predicted octanol–water partition coefficient (Wildman–Crippen LogP) is 3.88. The lowest BCUT2D eigenvalue weighted by Crippen LogP contribution is -2.17. The van der Waals surface area contributed by atoms with E-state index in [1.165, 1.54) is 16.0 Å². The quantitative estimate of drug-likeness (QED) is 0.723. The van der Waals surface area contributed by atoms with E-state index in [0.29, 0.717) is 0 Å². The molecule has 1 atom stereocenters. The second kappa shape index (κ2) is 8.20. The highest BCUT2D eigenvalue weighted by Gasteiger charge is 2.05. The molecule has 0 aliphatic rings. The molecular formula is C17H24N2S. The number of nitrogens with two attached hydrogens (primary N) is 1. The van der Waals surface area contributed by atoms with Crippen molar-refractivity contribution in [2.45, 2.75) is 38.8 Å². The van der Waals surface area contributed by atoms with Crippen LogP contribution >= 0.6 is 11.3 Å². The summed E-state index contributed by atoms with van der Waals surface area (Å²) in [5.41, 5.74) is 8.90. The van der Waals surface area contributed by atoms with Gasteiger partial charge in [-0.3, -0.25) is 0 Å². The zero-order valence-corrected chi connectivity index (χ0v) is 13.0. The number of aryl methyl sites for hydroxylation is 1. The zero-order valence-electron chi connectivity index (χ0n) is 12.1. The van der Waals surface area contributed by atoms with Gasteiger partial charge in [0.25, 0.3) is 0 Å². The van der Waals surface area contributed by atoms with Crippen LogP contribution in [0.25, 0.3) is 0 Å². The van der Waals surface area contributed by atoms with Crippen molar-refractivity contribution < 1.29 is 0 Å². The van der Waals surface area contributed by atoms with Gasteiger partial charge in [-0.1, -0.05) is 37.3 Å². The highest BCUT2D eigenvalue weighted by Crippen LogP contribution is 2.17. The summed E-state index contributed by atoms with van der Waals surface area (Å²) in [6, 6.07) is 12.7.